The van der Waals surface area contributed by atoms with Gasteiger partial charge in [0.15, 0.2) is 0 Å². The lowest BCUT2D eigenvalue weighted by atomic mass is 9.95. The van der Waals surface area contributed by atoms with Crippen LogP contribution in [-0.4, -0.2) is 17.6 Å². The van der Waals surface area contributed by atoms with Crippen LogP contribution in [0.4, 0.5) is 0 Å². The minimum Gasteiger partial charge on any atom is -0.361 e. The first kappa shape index (κ1) is 13.1. The van der Waals surface area contributed by atoms with Crippen molar-refractivity contribution in [3.63, 3.8) is 0 Å². The predicted octanol–water partition coefficient (Wildman–Crippen LogP) is 1.28. The minimum atomic E-state index is 0.0791. The zero-order valence-electron chi connectivity index (χ0n) is 11.0. The summed E-state index contributed by atoms with van der Waals surface area (Å²) in [5.74, 6) is 1.31. The van der Waals surface area contributed by atoms with Gasteiger partial charge in [0.25, 0.3) is 0 Å². The summed E-state index contributed by atoms with van der Waals surface area (Å²) >= 11 is 0. The highest BCUT2D eigenvalue weighted by Crippen LogP contribution is 2.31. The Morgan fingerprint density at radius 1 is 1.50 bits per heavy atom. The number of carbonyl (C=O) groups is 1. The van der Waals surface area contributed by atoms with Crippen molar-refractivity contribution in [1.82, 2.24) is 10.5 Å². The molecule has 2 rings (SSSR count). The Morgan fingerprint density at radius 2 is 2.28 bits per heavy atom. The van der Waals surface area contributed by atoms with E-state index in [1.165, 1.54) is 0 Å². The third-order valence-electron chi connectivity index (χ3n) is 3.92. The smallest absolute Gasteiger partial charge is 0.223 e. The average Bonchev–Trinajstić information content (AvgIpc) is 2.94. The molecule has 0 spiro atoms. The van der Waals surface area contributed by atoms with E-state index in [4.69, 9.17) is 10.3 Å². The quantitative estimate of drug-likeness (QED) is 0.844. The molecule has 1 saturated carbocycles. The van der Waals surface area contributed by atoms with Crippen LogP contribution in [0.25, 0.3) is 0 Å². The summed E-state index contributed by atoms with van der Waals surface area (Å²) in [5.41, 5.74) is 7.52. The summed E-state index contributed by atoms with van der Waals surface area (Å²) in [7, 11) is 0. The van der Waals surface area contributed by atoms with Crippen LogP contribution in [-0.2, 0) is 11.3 Å². The Hall–Kier alpha value is -1.36. The van der Waals surface area contributed by atoms with Crippen molar-refractivity contribution in [2.24, 2.45) is 17.6 Å². The number of nitrogens with two attached hydrogens (primary N) is 1. The summed E-state index contributed by atoms with van der Waals surface area (Å²) in [5, 5.41) is 6.85. The van der Waals surface area contributed by atoms with Gasteiger partial charge in [-0.3, -0.25) is 4.79 Å². The molecule has 1 aromatic rings. The lowest BCUT2D eigenvalue weighted by Gasteiger charge is -2.17. The SMILES string of the molecule is Cc1noc(C)c1CNC(=O)C1CCCC1CN. The van der Waals surface area contributed by atoms with Gasteiger partial charge in [-0.25, -0.2) is 0 Å². The van der Waals surface area contributed by atoms with Gasteiger partial charge in [0.05, 0.1) is 5.69 Å². The predicted molar refractivity (Wildman–Crippen MR) is 67.7 cm³/mol. The molecule has 1 amide bonds. The number of aryl methyl sites for hydroxylation is 2. The molecule has 5 heteroatoms. The molecule has 1 aliphatic carbocycles. The van der Waals surface area contributed by atoms with E-state index in [0.717, 1.165) is 36.3 Å². The Morgan fingerprint density at radius 3 is 2.89 bits per heavy atom. The maximum atomic E-state index is 12.1. The molecule has 5 nitrogen and oxygen atoms in total. The van der Waals surface area contributed by atoms with Gasteiger partial charge in [-0.2, -0.15) is 0 Å². The van der Waals surface area contributed by atoms with Gasteiger partial charge in [-0.05, 0) is 39.2 Å². The number of nitrogens with one attached hydrogen (secondary N) is 1. The van der Waals surface area contributed by atoms with Gasteiger partial charge in [-0.1, -0.05) is 11.6 Å². The normalized spacial score (nSPS) is 23.3. The van der Waals surface area contributed by atoms with Crippen molar-refractivity contribution in [3.05, 3.63) is 17.0 Å². The van der Waals surface area contributed by atoms with Crippen LogP contribution in [0.1, 0.15) is 36.3 Å². The van der Waals surface area contributed by atoms with Crippen molar-refractivity contribution in [3.8, 4) is 0 Å². The van der Waals surface area contributed by atoms with Gasteiger partial charge in [0.2, 0.25) is 5.91 Å². The lowest BCUT2D eigenvalue weighted by molar-refractivity contribution is -0.126. The van der Waals surface area contributed by atoms with Crippen LogP contribution in [0.2, 0.25) is 0 Å². The van der Waals surface area contributed by atoms with Crippen LogP contribution in [0.15, 0.2) is 4.52 Å². The Kier molecular flexibility index (Phi) is 4.01. The number of hydrogen-bond donors (Lipinski definition) is 2. The number of carbonyl (C=O) groups excluding carboxylic acids is 1. The number of aromatic nitrogens is 1. The Balaban J connectivity index is 1.92. The lowest BCUT2D eigenvalue weighted by Crippen LogP contribution is -2.34. The number of rotatable bonds is 4. The van der Waals surface area contributed by atoms with E-state index in [0.29, 0.717) is 19.0 Å². The molecule has 1 aromatic heterocycles. The molecule has 0 saturated heterocycles. The topological polar surface area (TPSA) is 81.2 Å². The van der Waals surface area contributed by atoms with Crippen molar-refractivity contribution in [2.45, 2.75) is 39.7 Å². The fourth-order valence-electron chi connectivity index (χ4n) is 2.72. The Bertz CT molecular complexity index is 408. The third kappa shape index (κ3) is 2.56. The summed E-state index contributed by atoms with van der Waals surface area (Å²) in [4.78, 5) is 12.1. The summed E-state index contributed by atoms with van der Waals surface area (Å²) in [6.45, 7) is 4.84. The van der Waals surface area contributed by atoms with E-state index in [1.54, 1.807) is 0 Å². The van der Waals surface area contributed by atoms with Crippen LogP contribution >= 0.6 is 0 Å². The zero-order chi connectivity index (χ0) is 13.1. The highest BCUT2D eigenvalue weighted by atomic mass is 16.5. The molecular weight excluding hydrogens is 230 g/mol. The van der Waals surface area contributed by atoms with Gasteiger partial charge in [0, 0.05) is 18.0 Å². The van der Waals surface area contributed by atoms with Crippen molar-refractivity contribution in [2.75, 3.05) is 6.54 Å². The maximum absolute atomic E-state index is 12.1. The number of amides is 1. The highest BCUT2D eigenvalue weighted by molar-refractivity contribution is 5.79. The summed E-state index contributed by atoms with van der Waals surface area (Å²) in [6.07, 6.45) is 3.13. The molecule has 2 unspecified atom stereocenters. The fourth-order valence-corrected chi connectivity index (χ4v) is 2.72. The first-order chi connectivity index (χ1) is 8.63. The van der Waals surface area contributed by atoms with E-state index in [1.807, 2.05) is 13.8 Å². The largest absolute Gasteiger partial charge is 0.361 e. The minimum absolute atomic E-state index is 0.0791. The molecule has 0 aliphatic heterocycles. The fraction of sp³-hybridized carbons (Fsp3) is 0.692. The molecule has 1 aliphatic rings. The molecule has 0 aromatic carbocycles. The summed E-state index contributed by atoms with van der Waals surface area (Å²) < 4.78 is 5.07. The molecule has 1 heterocycles. The van der Waals surface area contributed by atoms with E-state index in [9.17, 15) is 4.79 Å². The molecule has 0 bridgehead atoms. The van der Waals surface area contributed by atoms with E-state index in [-0.39, 0.29) is 11.8 Å². The van der Waals surface area contributed by atoms with Crippen molar-refractivity contribution < 1.29 is 9.32 Å². The molecule has 100 valence electrons. The molecule has 3 N–H and O–H groups in total. The molecule has 18 heavy (non-hydrogen) atoms. The molecule has 1 fully saturated rings. The standard InChI is InChI=1S/C13H21N3O2/c1-8-12(9(2)18-16-8)7-15-13(17)11-5-3-4-10(11)6-14/h10-11H,3-7,14H2,1-2H3,(H,15,17). The van der Waals surface area contributed by atoms with E-state index < -0.39 is 0 Å². The van der Waals surface area contributed by atoms with Crippen molar-refractivity contribution >= 4 is 5.91 Å². The van der Waals surface area contributed by atoms with Crippen LogP contribution in [0.3, 0.4) is 0 Å². The first-order valence-corrected chi connectivity index (χ1v) is 6.53. The Labute approximate surface area is 107 Å². The second-order valence-corrected chi connectivity index (χ2v) is 5.05. The first-order valence-electron chi connectivity index (χ1n) is 6.53. The number of hydrogen-bond acceptors (Lipinski definition) is 4. The van der Waals surface area contributed by atoms with Crippen LogP contribution in [0, 0.1) is 25.7 Å². The number of nitrogens with zero attached hydrogens (tertiary/aromatic N) is 1. The van der Waals surface area contributed by atoms with Crippen LogP contribution < -0.4 is 11.1 Å². The monoisotopic (exact) mass is 251 g/mol. The molecular formula is C13H21N3O2. The van der Waals surface area contributed by atoms with E-state index >= 15 is 0 Å². The summed E-state index contributed by atoms with van der Waals surface area (Å²) in [6, 6.07) is 0. The van der Waals surface area contributed by atoms with Gasteiger partial charge >= 0.3 is 0 Å². The van der Waals surface area contributed by atoms with Crippen LogP contribution in [0.5, 0.6) is 0 Å². The second kappa shape index (κ2) is 5.52. The zero-order valence-corrected chi connectivity index (χ0v) is 11.0. The second-order valence-electron chi connectivity index (χ2n) is 5.05. The third-order valence-corrected chi connectivity index (χ3v) is 3.92. The maximum Gasteiger partial charge on any atom is 0.223 e. The van der Waals surface area contributed by atoms with Crippen molar-refractivity contribution in [1.29, 1.82) is 0 Å². The molecule has 0 radical (unpaired) electrons. The van der Waals surface area contributed by atoms with E-state index in [2.05, 4.69) is 10.5 Å². The van der Waals surface area contributed by atoms with Gasteiger partial charge in [-0.15, -0.1) is 0 Å². The highest BCUT2D eigenvalue weighted by Gasteiger charge is 2.31. The molecule has 2 atom stereocenters. The van der Waals surface area contributed by atoms with Gasteiger partial charge < -0.3 is 15.6 Å². The average molecular weight is 251 g/mol. The van der Waals surface area contributed by atoms with Gasteiger partial charge in [0.1, 0.15) is 5.76 Å².